The van der Waals surface area contributed by atoms with E-state index in [0.717, 1.165) is 5.69 Å². The third-order valence-corrected chi connectivity index (χ3v) is 2.83. The van der Waals surface area contributed by atoms with Crippen molar-refractivity contribution < 1.29 is 4.42 Å². The molecule has 1 heterocycles. The third kappa shape index (κ3) is 2.82. The maximum atomic E-state index is 5.64. The Morgan fingerprint density at radius 2 is 1.83 bits per heavy atom. The summed E-state index contributed by atoms with van der Waals surface area (Å²) >= 11 is 5.64. The Balaban J connectivity index is 2.26. The second-order valence-electron chi connectivity index (χ2n) is 4.32. The van der Waals surface area contributed by atoms with Crippen LogP contribution in [-0.2, 0) is 6.42 Å². The molecule has 2 rings (SSSR count). The second kappa shape index (κ2) is 5.40. The highest BCUT2D eigenvalue weighted by Crippen LogP contribution is 2.24. The van der Waals surface area contributed by atoms with Gasteiger partial charge in [-0.15, -0.1) is 16.7 Å². The normalized spacial score (nSPS) is 10.7. The van der Waals surface area contributed by atoms with Crippen LogP contribution in [0.4, 0.5) is 11.7 Å². The molecule has 0 fully saturated rings. The molecule has 0 spiro atoms. The number of nitrogens with zero attached hydrogens (tertiary/aromatic N) is 3. The van der Waals surface area contributed by atoms with Crippen LogP contribution in [-0.4, -0.2) is 23.1 Å². The summed E-state index contributed by atoms with van der Waals surface area (Å²) in [6, 6.07) is 6.78. The molecule has 0 aliphatic rings. The molecular weight excluding hydrogens is 250 g/mol. The number of rotatable bonds is 4. The van der Waals surface area contributed by atoms with Gasteiger partial charge in [0.1, 0.15) is 0 Å². The number of aryl methyl sites for hydroxylation is 3. The predicted molar refractivity (Wildman–Crippen MR) is 72.7 cm³/mol. The zero-order valence-electron chi connectivity index (χ0n) is 10.8. The summed E-state index contributed by atoms with van der Waals surface area (Å²) < 4.78 is 5.54. The number of hydrogen-bond donors (Lipinski definition) is 0. The molecule has 2 aromatic rings. The van der Waals surface area contributed by atoms with Crippen LogP contribution >= 0.6 is 11.6 Å². The Labute approximate surface area is 112 Å². The average molecular weight is 266 g/mol. The van der Waals surface area contributed by atoms with Gasteiger partial charge in [0.15, 0.2) is 0 Å². The minimum atomic E-state index is 0.481. The molecule has 0 radical (unpaired) electrons. The van der Waals surface area contributed by atoms with Crippen LogP contribution in [0.5, 0.6) is 0 Å². The van der Waals surface area contributed by atoms with Gasteiger partial charge in [0, 0.05) is 25.0 Å². The summed E-state index contributed by atoms with van der Waals surface area (Å²) in [5, 5.41) is 7.98. The molecule has 1 aromatic heterocycles. The van der Waals surface area contributed by atoms with Gasteiger partial charge in [0.25, 0.3) is 0 Å². The molecule has 0 saturated heterocycles. The minimum Gasteiger partial charge on any atom is -0.408 e. The van der Waals surface area contributed by atoms with Gasteiger partial charge >= 0.3 is 6.01 Å². The molecule has 18 heavy (non-hydrogen) atoms. The van der Waals surface area contributed by atoms with E-state index in [1.165, 1.54) is 11.1 Å². The van der Waals surface area contributed by atoms with E-state index in [1.54, 1.807) is 0 Å². The topological polar surface area (TPSA) is 42.2 Å². The van der Waals surface area contributed by atoms with Gasteiger partial charge in [-0.05, 0) is 37.1 Å². The maximum absolute atomic E-state index is 5.64. The fourth-order valence-electron chi connectivity index (χ4n) is 1.82. The zero-order valence-corrected chi connectivity index (χ0v) is 11.5. The maximum Gasteiger partial charge on any atom is 0.322 e. The summed E-state index contributed by atoms with van der Waals surface area (Å²) in [6.07, 6.45) is 0.593. The Hall–Kier alpha value is -1.55. The lowest BCUT2D eigenvalue weighted by Crippen LogP contribution is -2.10. The first-order valence-corrected chi connectivity index (χ1v) is 6.34. The number of benzene rings is 1. The van der Waals surface area contributed by atoms with Crippen LogP contribution in [0.15, 0.2) is 22.6 Å². The summed E-state index contributed by atoms with van der Waals surface area (Å²) in [6.45, 7) is 4.13. The van der Waals surface area contributed by atoms with E-state index in [0.29, 0.717) is 24.2 Å². The van der Waals surface area contributed by atoms with Crippen molar-refractivity contribution in [3.05, 3.63) is 35.2 Å². The Kier molecular flexibility index (Phi) is 3.87. The van der Waals surface area contributed by atoms with Crippen LogP contribution in [0.25, 0.3) is 0 Å². The number of halogens is 1. The second-order valence-corrected chi connectivity index (χ2v) is 4.70. The lowest BCUT2D eigenvalue weighted by Gasteiger charge is -2.15. The Morgan fingerprint density at radius 1 is 1.17 bits per heavy atom. The van der Waals surface area contributed by atoms with Crippen LogP contribution < -0.4 is 4.90 Å². The lowest BCUT2D eigenvalue weighted by atomic mass is 10.1. The van der Waals surface area contributed by atoms with Crippen molar-refractivity contribution in [2.24, 2.45) is 0 Å². The fourth-order valence-corrected chi connectivity index (χ4v) is 1.98. The van der Waals surface area contributed by atoms with Crippen LogP contribution in [0.2, 0.25) is 0 Å². The van der Waals surface area contributed by atoms with Gasteiger partial charge in [0.2, 0.25) is 5.89 Å². The first-order chi connectivity index (χ1) is 8.60. The van der Waals surface area contributed by atoms with Crippen molar-refractivity contribution in [1.82, 2.24) is 10.2 Å². The molecule has 1 aromatic carbocycles. The molecule has 0 aliphatic carbocycles. The predicted octanol–water partition coefficient (Wildman–Crippen LogP) is 3.24. The number of alkyl halides is 1. The van der Waals surface area contributed by atoms with E-state index in [2.05, 4.69) is 42.2 Å². The molecular formula is C13H16ClN3O. The molecule has 0 amide bonds. The number of hydrogen-bond acceptors (Lipinski definition) is 4. The van der Waals surface area contributed by atoms with Crippen LogP contribution in [0.3, 0.4) is 0 Å². The standard InChI is InChI=1S/C13H16ClN3O/c1-9-6-10(2)8-11(7-9)17(3)13-16-15-12(18-13)4-5-14/h6-8H,4-5H2,1-3H3. The smallest absolute Gasteiger partial charge is 0.322 e. The molecule has 96 valence electrons. The van der Waals surface area contributed by atoms with E-state index < -0.39 is 0 Å². The quantitative estimate of drug-likeness (QED) is 0.796. The average Bonchev–Trinajstić information content (AvgIpc) is 2.76. The van der Waals surface area contributed by atoms with E-state index in [9.17, 15) is 0 Å². The van der Waals surface area contributed by atoms with Gasteiger partial charge in [-0.1, -0.05) is 11.2 Å². The summed E-state index contributed by atoms with van der Waals surface area (Å²) in [5.41, 5.74) is 3.45. The summed E-state index contributed by atoms with van der Waals surface area (Å²) in [7, 11) is 1.91. The molecule has 4 nitrogen and oxygen atoms in total. The SMILES string of the molecule is Cc1cc(C)cc(N(C)c2nnc(CCCl)o2)c1. The monoisotopic (exact) mass is 265 g/mol. The fraction of sp³-hybridized carbons (Fsp3) is 0.385. The van der Waals surface area contributed by atoms with Crippen molar-refractivity contribution in [3.8, 4) is 0 Å². The van der Waals surface area contributed by atoms with Crippen LogP contribution in [0.1, 0.15) is 17.0 Å². The number of aromatic nitrogens is 2. The third-order valence-electron chi connectivity index (χ3n) is 2.65. The van der Waals surface area contributed by atoms with E-state index in [1.807, 2.05) is 11.9 Å². The molecule has 0 atom stereocenters. The highest BCUT2D eigenvalue weighted by Gasteiger charge is 2.12. The van der Waals surface area contributed by atoms with Gasteiger partial charge in [-0.2, -0.15) is 0 Å². The molecule has 0 bridgehead atoms. The van der Waals surface area contributed by atoms with Crippen molar-refractivity contribution in [3.63, 3.8) is 0 Å². The summed E-state index contributed by atoms with van der Waals surface area (Å²) in [4.78, 5) is 1.88. The Bertz CT molecular complexity index is 519. The van der Waals surface area contributed by atoms with Gasteiger partial charge in [-0.25, -0.2) is 0 Å². The van der Waals surface area contributed by atoms with Crippen LogP contribution in [0, 0.1) is 13.8 Å². The van der Waals surface area contributed by atoms with Crippen molar-refractivity contribution in [2.75, 3.05) is 17.8 Å². The van der Waals surface area contributed by atoms with Gasteiger partial charge < -0.3 is 4.42 Å². The number of anilines is 2. The lowest BCUT2D eigenvalue weighted by molar-refractivity contribution is 0.505. The van der Waals surface area contributed by atoms with Crippen molar-refractivity contribution in [2.45, 2.75) is 20.3 Å². The molecule has 0 aliphatic heterocycles. The summed E-state index contributed by atoms with van der Waals surface area (Å²) in [5.74, 6) is 1.05. The zero-order chi connectivity index (χ0) is 13.1. The van der Waals surface area contributed by atoms with Gasteiger partial charge in [-0.3, -0.25) is 4.90 Å². The van der Waals surface area contributed by atoms with E-state index in [4.69, 9.17) is 16.0 Å². The minimum absolute atomic E-state index is 0.481. The van der Waals surface area contributed by atoms with Gasteiger partial charge in [0.05, 0.1) is 0 Å². The largest absolute Gasteiger partial charge is 0.408 e. The molecule has 5 heteroatoms. The van der Waals surface area contributed by atoms with E-state index in [-0.39, 0.29) is 0 Å². The highest BCUT2D eigenvalue weighted by molar-refractivity contribution is 6.17. The first kappa shape index (κ1) is 12.9. The van der Waals surface area contributed by atoms with E-state index >= 15 is 0 Å². The van der Waals surface area contributed by atoms with Crippen molar-refractivity contribution >= 4 is 23.3 Å². The van der Waals surface area contributed by atoms with Crippen molar-refractivity contribution in [1.29, 1.82) is 0 Å². The molecule has 0 saturated carbocycles. The Morgan fingerprint density at radius 3 is 2.44 bits per heavy atom. The molecule has 0 N–H and O–H groups in total. The first-order valence-electron chi connectivity index (χ1n) is 5.80. The highest BCUT2D eigenvalue weighted by atomic mass is 35.5. The molecule has 0 unspecified atom stereocenters.